The van der Waals surface area contributed by atoms with Gasteiger partial charge in [-0.2, -0.15) is 0 Å². The van der Waals surface area contributed by atoms with E-state index in [-0.39, 0.29) is 0 Å². The van der Waals surface area contributed by atoms with Crippen LogP contribution < -0.4 is 5.32 Å². The zero-order valence-corrected chi connectivity index (χ0v) is 8.30. The molecule has 3 nitrogen and oxygen atoms in total. The molecule has 2 rings (SSSR count). The number of nitrogens with one attached hydrogen (secondary N) is 1. The van der Waals surface area contributed by atoms with Gasteiger partial charge in [0.05, 0.1) is 6.10 Å². The summed E-state index contributed by atoms with van der Waals surface area (Å²) in [6, 6.07) is 0. The minimum atomic E-state index is 0.526. The maximum absolute atomic E-state index is 5.63. The summed E-state index contributed by atoms with van der Waals surface area (Å²) in [7, 11) is 0. The molecule has 2 aliphatic rings. The van der Waals surface area contributed by atoms with E-state index in [1.165, 1.54) is 38.9 Å². The van der Waals surface area contributed by atoms with Crippen molar-refractivity contribution in [1.29, 1.82) is 0 Å². The van der Waals surface area contributed by atoms with Crippen LogP contribution in [0.5, 0.6) is 0 Å². The molecular formula is C10H20N2O. The Morgan fingerprint density at radius 3 is 3.08 bits per heavy atom. The fourth-order valence-corrected chi connectivity index (χ4v) is 2.16. The van der Waals surface area contributed by atoms with Gasteiger partial charge in [0.25, 0.3) is 0 Å². The lowest BCUT2D eigenvalue weighted by Gasteiger charge is -2.22. The largest absolute Gasteiger partial charge is 0.377 e. The fraction of sp³-hybridized carbons (Fsp3) is 1.00. The second-order valence-corrected chi connectivity index (χ2v) is 4.04. The maximum atomic E-state index is 5.63. The summed E-state index contributed by atoms with van der Waals surface area (Å²) < 4.78 is 5.63. The SMILES string of the molecule is C1COC(CN2CCCNCC2)C1. The van der Waals surface area contributed by atoms with Gasteiger partial charge in [-0.15, -0.1) is 0 Å². The first kappa shape index (κ1) is 9.44. The van der Waals surface area contributed by atoms with Crippen LogP contribution in [0.2, 0.25) is 0 Å². The summed E-state index contributed by atoms with van der Waals surface area (Å²) in [5.74, 6) is 0. The van der Waals surface area contributed by atoms with Crippen molar-refractivity contribution in [1.82, 2.24) is 10.2 Å². The molecule has 1 atom stereocenters. The molecule has 2 saturated heterocycles. The van der Waals surface area contributed by atoms with Crippen molar-refractivity contribution in [3.8, 4) is 0 Å². The highest BCUT2D eigenvalue weighted by molar-refractivity contribution is 4.73. The van der Waals surface area contributed by atoms with Crippen LogP contribution in [0.25, 0.3) is 0 Å². The van der Waals surface area contributed by atoms with Crippen LogP contribution in [0.15, 0.2) is 0 Å². The molecule has 2 fully saturated rings. The molecule has 1 N–H and O–H groups in total. The third kappa shape index (κ3) is 2.93. The lowest BCUT2D eigenvalue weighted by molar-refractivity contribution is 0.0753. The Balaban J connectivity index is 1.71. The van der Waals surface area contributed by atoms with Crippen LogP contribution in [0, 0.1) is 0 Å². The van der Waals surface area contributed by atoms with Crippen molar-refractivity contribution >= 4 is 0 Å². The first-order chi connectivity index (χ1) is 6.45. The van der Waals surface area contributed by atoms with E-state index < -0.39 is 0 Å². The highest BCUT2D eigenvalue weighted by atomic mass is 16.5. The lowest BCUT2D eigenvalue weighted by atomic mass is 10.2. The van der Waals surface area contributed by atoms with Gasteiger partial charge in [0.15, 0.2) is 0 Å². The summed E-state index contributed by atoms with van der Waals surface area (Å²) in [5.41, 5.74) is 0. The minimum Gasteiger partial charge on any atom is -0.377 e. The summed E-state index contributed by atoms with van der Waals surface area (Å²) in [6.45, 7) is 6.90. The third-order valence-corrected chi connectivity index (χ3v) is 2.92. The monoisotopic (exact) mass is 184 g/mol. The van der Waals surface area contributed by atoms with Gasteiger partial charge in [-0.3, -0.25) is 4.90 Å². The number of hydrogen-bond acceptors (Lipinski definition) is 3. The van der Waals surface area contributed by atoms with Crippen LogP contribution in [0.3, 0.4) is 0 Å². The quantitative estimate of drug-likeness (QED) is 0.675. The fourth-order valence-electron chi connectivity index (χ4n) is 2.16. The highest BCUT2D eigenvalue weighted by Gasteiger charge is 2.19. The summed E-state index contributed by atoms with van der Waals surface area (Å²) in [4.78, 5) is 2.54. The molecule has 1 unspecified atom stereocenters. The van der Waals surface area contributed by atoms with Gasteiger partial charge in [-0.25, -0.2) is 0 Å². The Bertz CT molecular complexity index is 138. The zero-order chi connectivity index (χ0) is 8.93. The molecule has 0 aromatic rings. The molecule has 3 heteroatoms. The molecular weight excluding hydrogens is 164 g/mol. The van der Waals surface area contributed by atoms with E-state index >= 15 is 0 Å². The van der Waals surface area contributed by atoms with Gasteiger partial charge < -0.3 is 10.1 Å². The predicted molar refractivity (Wildman–Crippen MR) is 52.9 cm³/mol. The molecule has 0 spiro atoms. The Hall–Kier alpha value is -0.120. The molecule has 0 saturated carbocycles. The normalized spacial score (nSPS) is 31.8. The van der Waals surface area contributed by atoms with Crippen LogP contribution in [-0.4, -0.2) is 50.3 Å². The minimum absolute atomic E-state index is 0.526. The number of hydrogen-bond donors (Lipinski definition) is 1. The van der Waals surface area contributed by atoms with Crippen molar-refractivity contribution in [2.24, 2.45) is 0 Å². The Kier molecular flexibility index (Phi) is 3.58. The molecule has 13 heavy (non-hydrogen) atoms. The Morgan fingerprint density at radius 1 is 1.23 bits per heavy atom. The van der Waals surface area contributed by atoms with Gasteiger partial charge in [0.1, 0.15) is 0 Å². The van der Waals surface area contributed by atoms with E-state index in [0.717, 1.165) is 19.7 Å². The Morgan fingerprint density at radius 2 is 2.23 bits per heavy atom. The first-order valence-corrected chi connectivity index (χ1v) is 5.50. The molecule has 0 aliphatic carbocycles. The lowest BCUT2D eigenvalue weighted by Crippen LogP contribution is -2.34. The van der Waals surface area contributed by atoms with Gasteiger partial charge in [0, 0.05) is 26.2 Å². The molecule has 0 aromatic carbocycles. The molecule has 0 radical (unpaired) electrons. The number of rotatable bonds is 2. The molecule has 0 aromatic heterocycles. The van der Waals surface area contributed by atoms with Crippen LogP contribution in [-0.2, 0) is 4.74 Å². The van der Waals surface area contributed by atoms with E-state index in [0.29, 0.717) is 6.10 Å². The van der Waals surface area contributed by atoms with Gasteiger partial charge in [-0.1, -0.05) is 0 Å². The topological polar surface area (TPSA) is 24.5 Å². The van der Waals surface area contributed by atoms with E-state index in [9.17, 15) is 0 Å². The van der Waals surface area contributed by atoms with Crippen molar-refractivity contribution in [3.63, 3.8) is 0 Å². The summed E-state index contributed by atoms with van der Waals surface area (Å²) in [5, 5.41) is 3.42. The van der Waals surface area contributed by atoms with Crippen molar-refractivity contribution in [2.45, 2.75) is 25.4 Å². The van der Waals surface area contributed by atoms with Crippen LogP contribution in [0.4, 0.5) is 0 Å². The van der Waals surface area contributed by atoms with Gasteiger partial charge >= 0.3 is 0 Å². The smallest absolute Gasteiger partial charge is 0.0702 e. The second-order valence-electron chi connectivity index (χ2n) is 4.04. The number of ether oxygens (including phenoxy) is 1. The molecule has 0 bridgehead atoms. The van der Waals surface area contributed by atoms with E-state index in [1.54, 1.807) is 0 Å². The predicted octanol–water partition coefficient (Wildman–Crippen LogP) is 0.461. The standard InChI is InChI=1S/C10H20N2O/c1-3-10(13-8-1)9-12-6-2-4-11-5-7-12/h10-11H,1-9H2. The van der Waals surface area contributed by atoms with Crippen molar-refractivity contribution in [2.75, 3.05) is 39.3 Å². The number of nitrogens with zero attached hydrogens (tertiary/aromatic N) is 1. The molecule has 0 amide bonds. The second kappa shape index (κ2) is 4.94. The molecule has 76 valence electrons. The Labute approximate surface area is 80.4 Å². The average molecular weight is 184 g/mol. The molecule has 2 heterocycles. The van der Waals surface area contributed by atoms with Crippen LogP contribution in [0.1, 0.15) is 19.3 Å². The van der Waals surface area contributed by atoms with Gasteiger partial charge in [-0.05, 0) is 32.4 Å². The van der Waals surface area contributed by atoms with Crippen LogP contribution >= 0.6 is 0 Å². The average Bonchev–Trinajstić information content (AvgIpc) is 2.49. The van der Waals surface area contributed by atoms with E-state index in [1.807, 2.05) is 0 Å². The van der Waals surface area contributed by atoms with Gasteiger partial charge in [0.2, 0.25) is 0 Å². The van der Waals surface area contributed by atoms with E-state index in [4.69, 9.17) is 4.74 Å². The third-order valence-electron chi connectivity index (χ3n) is 2.92. The van der Waals surface area contributed by atoms with Crippen molar-refractivity contribution < 1.29 is 4.74 Å². The summed E-state index contributed by atoms with van der Waals surface area (Å²) in [6.07, 6.45) is 4.34. The highest BCUT2D eigenvalue weighted by Crippen LogP contribution is 2.13. The molecule has 2 aliphatic heterocycles. The zero-order valence-electron chi connectivity index (χ0n) is 8.30. The first-order valence-electron chi connectivity index (χ1n) is 5.50. The van der Waals surface area contributed by atoms with E-state index in [2.05, 4.69) is 10.2 Å². The van der Waals surface area contributed by atoms with Crippen molar-refractivity contribution in [3.05, 3.63) is 0 Å². The maximum Gasteiger partial charge on any atom is 0.0702 e. The summed E-state index contributed by atoms with van der Waals surface area (Å²) >= 11 is 0.